The zero-order valence-corrected chi connectivity index (χ0v) is 22.0. The van der Waals surface area contributed by atoms with Crippen molar-refractivity contribution in [2.75, 3.05) is 14.2 Å². The average molecular weight is 600 g/mol. The molecule has 0 saturated heterocycles. The van der Waals surface area contributed by atoms with Gasteiger partial charge in [-0.3, -0.25) is 0 Å². The predicted octanol–water partition coefficient (Wildman–Crippen LogP) is 6.22. The molecule has 0 aliphatic rings. The van der Waals surface area contributed by atoms with Crippen molar-refractivity contribution >= 4 is 43.8 Å². The van der Waals surface area contributed by atoms with Crippen LogP contribution in [0.25, 0.3) is 16.9 Å². The number of nitrogens with zero attached hydrogens (tertiary/aromatic N) is 2. The van der Waals surface area contributed by atoms with Gasteiger partial charge in [-0.1, -0.05) is 64.5 Å². The van der Waals surface area contributed by atoms with E-state index in [9.17, 15) is 9.59 Å². The molecule has 9 heteroatoms. The summed E-state index contributed by atoms with van der Waals surface area (Å²) in [5.41, 5.74) is 2.16. The van der Waals surface area contributed by atoms with Gasteiger partial charge >= 0.3 is 11.9 Å². The van der Waals surface area contributed by atoms with Crippen molar-refractivity contribution in [1.29, 1.82) is 0 Å². The van der Waals surface area contributed by atoms with Crippen molar-refractivity contribution in [3.63, 3.8) is 0 Å². The number of halogens is 2. The zero-order valence-electron chi connectivity index (χ0n) is 18.8. The van der Waals surface area contributed by atoms with Crippen molar-refractivity contribution in [3.8, 4) is 22.7 Å². The predicted molar refractivity (Wildman–Crippen MR) is 138 cm³/mol. The van der Waals surface area contributed by atoms with Crippen LogP contribution in [0.5, 0.6) is 5.75 Å². The lowest BCUT2D eigenvalue weighted by Gasteiger charge is -2.14. The second-order valence-electron chi connectivity index (χ2n) is 7.34. The number of carbonyl (C=O) groups is 2. The number of aromatic nitrogens is 2. The van der Waals surface area contributed by atoms with Gasteiger partial charge in [0, 0.05) is 10.0 Å². The van der Waals surface area contributed by atoms with Crippen molar-refractivity contribution in [3.05, 3.63) is 98.6 Å². The Kier molecular flexibility index (Phi) is 7.67. The van der Waals surface area contributed by atoms with E-state index in [-0.39, 0.29) is 23.6 Å². The van der Waals surface area contributed by atoms with E-state index < -0.39 is 11.9 Å². The van der Waals surface area contributed by atoms with Crippen LogP contribution >= 0.6 is 31.9 Å². The van der Waals surface area contributed by atoms with Crippen LogP contribution in [0.4, 0.5) is 0 Å². The number of ether oxygens (including phenoxy) is 3. The van der Waals surface area contributed by atoms with E-state index in [2.05, 4.69) is 37.0 Å². The third-order valence-corrected chi connectivity index (χ3v) is 6.19. The summed E-state index contributed by atoms with van der Waals surface area (Å²) in [7, 11) is 2.49. The average Bonchev–Trinajstić information content (AvgIpc) is 3.28. The number of hydrogen-bond donors (Lipinski definition) is 0. The van der Waals surface area contributed by atoms with Gasteiger partial charge in [0.05, 0.1) is 24.4 Å². The van der Waals surface area contributed by atoms with Gasteiger partial charge in [0.15, 0.2) is 5.69 Å². The highest BCUT2D eigenvalue weighted by molar-refractivity contribution is 9.11. The third kappa shape index (κ3) is 5.16. The van der Waals surface area contributed by atoms with Crippen molar-refractivity contribution in [2.45, 2.75) is 6.61 Å². The Morgan fingerprint density at radius 3 is 2.14 bits per heavy atom. The second kappa shape index (κ2) is 10.9. The lowest BCUT2D eigenvalue weighted by atomic mass is 10.0. The standard InChI is InChI=1S/C26H20Br2N2O5/c1-33-25(31)21-22(29-30(23(21)26(32)34-2)18-11-7-4-8-12-18)19-13-17(27)14-20(28)24(19)35-15-16-9-5-3-6-10-16/h3-14H,15H2,1-2H3. The molecule has 3 aromatic carbocycles. The summed E-state index contributed by atoms with van der Waals surface area (Å²) in [4.78, 5) is 25.9. The van der Waals surface area contributed by atoms with E-state index in [0.29, 0.717) is 21.5 Å². The number of rotatable bonds is 7. The monoisotopic (exact) mass is 598 g/mol. The summed E-state index contributed by atoms with van der Waals surface area (Å²) in [5, 5.41) is 4.68. The maximum atomic E-state index is 13.0. The van der Waals surface area contributed by atoms with E-state index in [1.165, 1.54) is 18.9 Å². The first-order valence-corrected chi connectivity index (χ1v) is 12.0. The molecule has 4 rings (SSSR count). The van der Waals surface area contributed by atoms with Crippen LogP contribution in [0, 0.1) is 0 Å². The molecular formula is C26H20Br2N2O5. The Labute approximate surface area is 218 Å². The zero-order chi connectivity index (χ0) is 24.9. The van der Waals surface area contributed by atoms with Gasteiger partial charge in [0.2, 0.25) is 0 Å². The first-order chi connectivity index (χ1) is 16.9. The van der Waals surface area contributed by atoms with Gasteiger partial charge < -0.3 is 14.2 Å². The largest absolute Gasteiger partial charge is 0.487 e. The molecule has 178 valence electrons. The van der Waals surface area contributed by atoms with Crippen LogP contribution in [0.1, 0.15) is 26.4 Å². The molecule has 0 N–H and O–H groups in total. The molecule has 0 radical (unpaired) electrons. The first kappa shape index (κ1) is 24.7. The van der Waals surface area contributed by atoms with Gasteiger partial charge in [-0.15, -0.1) is 0 Å². The Bertz CT molecular complexity index is 1370. The minimum absolute atomic E-state index is 0.0298. The van der Waals surface area contributed by atoms with Gasteiger partial charge in [-0.05, 0) is 45.8 Å². The van der Waals surface area contributed by atoms with E-state index >= 15 is 0 Å². The summed E-state index contributed by atoms with van der Waals surface area (Å²) in [6.07, 6.45) is 0. The van der Waals surface area contributed by atoms with Crippen LogP contribution in [-0.2, 0) is 16.1 Å². The van der Waals surface area contributed by atoms with Crippen LogP contribution in [-0.4, -0.2) is 35.9 Å². The highest BCUT2D eigenvalue weighted by Gasteiger charge is 2.33. The van der Waals surface area contributed by atoms with E-state index in [0.717, 1.165) is 10.0 Å². The number of benzene rings is 3. The first-order valence-electron chi connectivity index (χ1n) is 10.5. The summed E-state index contributed by atoms with van der Waals surface area (Å²) >= 11 is 7.07. The number of para-hydroxylation sites is 1. The fourth-order valence-corrected chi connectivity index (χ4v) is 4.90. The summed E-state index contributed by atoms with van der Waals surface area (Å²) < 4.78 is 19.0. The SMILES string of the molecule is COC(=O)c1c(-c2cc(Br)cc(Br)c2OCc2ccccc2)nn(-c2ccccc2)c1C(=O)OC. The van der Waals surface area contributed by atoms with Crippen molar-refractivity contribution in [2.24, 2.45) is 0 Å². The van der Waals surface area contributed by atoms with Gasteiger partial charge in [-0.2, -0.15) is 5.10 Å². The van der Waals surface area contributed by atoms with E-state index in [1.54, 1.807) is 30.3 Å². The van der Waals surface area contributed by atoms with Crippen molar-refractivity contribution < 1.29 is 23.8 Å². The molecule has 0 aliphatic carbocycles. The lowest BCUT2D eigenvalue weighted by molar-refractivity contribution is 0.0549. The Morgan fingerprint density at radius 2 is 1.51 bits per heavy atom. The smallest absolute Gasteiger partial charge is 0.357 e. The maximum absolute atomic E-state index is 13.0. The summed E-state index contributed by atoms with van der Waals surface area (Å²) in [5.74, 6) is -1.00. The van der Waals surface area contributed by atoms with Gasteiger partial charge in [-0.25, -0.2) is 14.3 Å². The minimum atomic E-state index is -0.729. The summed E-state index contributed by atoms with van der Waals surface area (Å²) in [6, 6.07) is 22.3. The highest BCUT2D eigenvalue weighted by atomic mass is 79.9. The lowest BCUT2D eigenvalue weighted by Crippen LogP contribution is -2.15. The molecule has 0 aliphatic heterocycles. The van der Waals surface area contributed by atoms with Crippen LogP contribution < -0.4 is 4.74 Å². The maximum Gasteiger partial charge on any atom is 0.357 e. The molecule has 4 aromatic rings. The Balaban J connectivity index is 1.96. The van der Waals surface area contributed by atoms with Crippen LogP contribution in [0.2, 0.25) is 0 Å². The molecule has 1 aromatic heterocycles. The molecule has 0 unspecified atom stereocenters. The molecule has 0 amide bonds. The highest BCUT2D eigenvalue weighted by Crippen LogP contribution is 2.42. The number of carbonyl (C=O) groups excluding carboxylic acids is 2. The molecule has 0 atom stereocenters. The number of esters is 2. The van der Waals surface area contributed by atoms with Gasteiger partial charge in [0.1, 0.15) is 23.6 Å². The molecule has 1 heterocycles. The molecular weight excluding hydrogens is 580 g/mol. The molecule has 35 heavy (non-hydrogen) atoms. The van der Waals surface area contributed by atoms with E-state index in [4.69, 9.17) is 14.2 Å². The topological polar surface area (TPSA) is 79.7 Å². The fraction of sp³-hybridized carbons (Fsp3) is 0.115. The Hall–Kier alpha value is -3.43. The molecule has 0 saturated carbocycles. The molecule has 7 nitrogen and oxygen atoms in total. The van der Waals surface area contributed by atoms with E-state index in [1.807, 2.05) is 42.5 Å². The van der Waals surface area contributed by atoms with Crippen molar-refractivity contribution in [1.82, 2.24) is 9.78 Å². The number of methoxy groups -OCH3 is 2. The molecule has 0 fully saturated rings. The number of hydrogen-bond acceptors (Lipinski definition) is 6. The second-order valence-corrected chi connectivity index (χ2v) is 9.11. The third-order valence-electron chi connectivity index (χ3n) is 5.14. The summed E-state index contributed by atoms with van der Waals surface area (Å²) in [6.45, 7) is 0.283. The fourth-order valence-electron chi connectivity index (χ4n) is 3.56. The van der Waals surface area contributed by atoms with Gasteiger partial charge in [0.25, 0.3) is 0 Å². The van der Waals surface area contributed by atoms with Crippen LogP contribution in [0.15, 0.2) is 81.7 Å². The molecule has 0 spiro atoms. The Morgan fingerprint density at radius 1 is 0.886 bits per heavy atom. The normalized spacial score (nSPS) is 10.6. The van der Waals surface area contributed by atoms with Crippen LogP contribution in [0.3, 0.4) is 0 Å². The quantitative estimate of drug-likeness (QED) is 0.235. The molecule has 0 bridgehead atoms. The minimum Gasteiger partial charge on any atom is -0.487 e.